The summed E-state index contributed by atoms with van der Waals surface area (Å²) in [6.07, 6.45) is 0.740. The second-order valence-corrected chi connectivity index (χ2v) is 4.20. The molecule has 0 fully saturated rings. The highest BCUT2D eigenvalue weighted by atomic mass is 35.5. The molecule has 2 aromatic carbocycles. The standard InChI is InChI=1S/C15H13ClO3/c1-2-18-14-5-3-4-6-15(14)19-13-8-7-11(10-17)9-12(13)16/h3-10H,2H2,1H3. The highest BCUT2D eigenvalue weighted by molar-refractivity contribution is 6.32. The molecule has 2 aromatic rings. The molecule has 0 bridgehead atoms. The van der Waals surface area contributed by atoms with Crippen molar-refractivity contribution >= 4 is 17.9 Å². The van der Waals surface area contributed by atoms with Crippen molar-refractivity contribution < 1.29 is 14.3 Å². The summed E-state index contributed by atoms with van der Waals surface area (Å²) in [4.78, 5) is 10.6. The van der Waals surface area contributed by atoms with E-state index in [9.17, 15) is 4.79 Å². The van der Waals surface area contributed by atoms with Crippen molar-refractivity contribution in [3.63, 3.8) is 0 Å². The first-order chi connectivity index (χ1) is 9.24. The van der Waals surface area contributed by atoms with Crippen LogP contribution in [0.5, 0.6) is 17.2 Å². The number of ether oxygens (including phenoxy) is 2. The van der Waals surface area contributed by atoms with E-state index in [-0.39, 0.29) is 0 Å². The van der Waals surface area contributed by atoms with Gasteiger partial charge in [-0.1, -0.05) is 23.7 Å². The van der Waals surface area contributed by atoms with E-state index in [2.05, 4.69) is 0 Å². The van der Waals surface area contributed by atoms with E-state index >= 15 is 0 Å². The van der Waals surface area contributed by atoms with Crippen molar-refractivity contribution in [2.75, 3.05) is 6.61 Å². The summed E-state index contributed by atoms with van der Waals surface area (Å²) in [5.74, 6) is 1.73. The van der Waals surface area contributed by atoms with E-state index in [4.69, 9.17) is 21.1 Å². The third-order valence-corrected chi connectivity index (χ3v) is 2.76. The third kappa shape index (κ3) is 3.26. The van der Waals surface area contributed by atoms with Crippen LogP contribution in [-0.2, 0) is 0 Å². The molecule has 0 aliphatic carbocycles. The molecule has 4 heteroatoms. The van der Waals surface area contributed by atoms with Crippen molar-refractivity contribution in [2.45, 2.75) is 6.92 Å². The van der Waals surface area contributed by atoms with Gasteiger partial charge in [0.05, 0.1) is 11.6 Å². The zero-order valence-electron chi connectivity index (χ0n) is 10.4. The van der Waals surface area contributed by atoms with Crippen molar-refractivity contribution in [2.24, 2.45) is 0 Å². The van der Waals surface area contributed by atoms with E-state index < -0.39 is 0 Å². The maximum atomic E-state index is 10.6. The average molecular weight is 277 g/mol. The Morgan fingerprint density at radius 2 is 1.84 bits per heavy atom. The van der Waals surface area contributed by atoms with Crippen LogP contribution < -0.4 is 9.47 Å². The van der Waals surface area contributed by atoms with Gasteiger partial charge < -0.3 is 9.47 Å². The number of halogens is 1. The fraction of sp³-hybridized carbons (Fsp3) is 0.133. The molecule has 0 heterocycles. The Bertz CT molecular complexity index is 581. The summed E-state index contributed by atoms with van der Waals surface area (Å²) in [5, 5.41) is 0.385. The molecule has 0 unspecified atom stereocenters. The molecule has 19 heavy (non-hydrogen) atoms. The van der Waals surface area contributed by atoms with Gasteiger partial charge in [-0.2, -0.15) is 0 Å². The smallest absolute Gasteiger partial charge is 0.169 e. The Morgan fingerprint density at radius 3 is 2.47 bits per heavy atom. The lowest BCUT2D eigenvalue weighted by Gasteiger charge is -2.12. The lowest BCUT2D eigenvalue weighted by molar-refractivity contribution is 0.112. The van der Waals surface area contributed by atoms with Crippen LogP contribution in [0.1, 0.15) is 17.3 Å². The minimum Gasteiger partial charge on any atom is -0.490 e. The molecule has 0 atom stereocenters. The Hall–Kier alpha value is -2.00. The first-order valence-electron chi connectivity index (χ1n) is 5.89. The molecular weight excluding hydrogens is 264 g/mol. The minimum atomic E-state index is 0.385. The molecule has 0 amide bonds. The molecule has 3 nitrogen and oxygen atoms in total. The van der Waals surface area contributed by atoms with Crippen LogP contribution in [0.2, 0.25) is 5.02 Å². The van der Waals surface area contributed by atoms with Crippen LogP contribution in [0.15, 0.2) is 42.5 Å². The van der Waals surface area contributed by atoms with Gasteiger partial charge in [-0.3, -0.25) is 4.79 Å². The molecule has 0 N–H and O–H groups in total. The summed E-state index contributed by atoms with van der Waals surface area (Å²) in [6.45, 7) is 2.46. The fourth-order valence-corrected chi connectivity index (χ4v) is 1.83. The van der Waals surface area contributed by atoms with Crippen LogP contribution in [-0.4, -0.2) is 12.9 Å². The summed E-state index contributed by atoms with van der Waals surface area (Å²) in [5.41, 5.74) is 0.510. The summed E-state index contributed by atoms with van der Waals surface area (Å²) >= 11 is 6.06. The molecule has 0 aromatic heterocycles. The van der Waals surface area contributed by atoms with E-state index in [1.54, 1.807) is 24.3 Å². The quantitative estimate of drug-likeness (QED) is 0.762. The normalized spacial score (nSPS) is 10.0. The van der Waals surface area contributed by atoms with Crippen molar-refractivity contribution in [3.8, 4) is 17.2 Å². The highest BCUT2D eigenvalue weighted by Gasteiger charge is 2.08. The number of para-hydroxylation sites is 2. The van der Waals surface area contributed by atoms with E-state index in [1.165, 1.54) is 0 Å². The minimum absolute atomic E-state index is 0.385. The van der Waals surface area contributed by atoms with Crippen molar-refractivity contribution in [1.82, 2.24) is 0 Å². The van der Waals surface area contributed by atoms with Crippen LogP contribution in [0.3, 0.4) is 0 Å². The largest absolute Gasteiger partial charge is 0.490 e. The summed E-state index contributed by atoms with van der Waals surface area (Å²) in [7, 11) is 0. The van der Waals surface area contributed by atoms with E-state index in [0.29, 0.717) is 34.4 Å². The van der Waals surface area contributed by atoms with Crippen LogP contribution >= 0.6 is 11.6 Å². The zero-order chi connectivity index (χ0) is 13.7. The first kappa shape index (κ1) is 13.4. The van der Waals surface area contributed by atoms with Gasteiger partial charge in [-0.15, -0.1) is 0 Å². The molecule has 0 aliphatic heterocycles. The van der Waals surface area contributed by atoms with Crippen molar-refractivity contribution in [3.05, 3.63) is 53.1 Å². The predicted molar refractivity (Wildman–Crippen MR) is 74.5 cm³/mol. The topological polar surface area (TPSA) is 35.5 Å². The van der Waals surface area contributed by atoms with Gasteiger partial charge in [-0.05, 0) is 37.3 Å². The van der Waals surface area contributed by atoms with Gasteiger partial charge in [0.1, 0.15) is 12.0 Å². The number of carbonyl (C=O) groups excluding carboxylic acids is 1. The molecule has 0 radical (unpaired) electrons. The maximum absolute atomic E-state index is 10.6. The number of aldehydes is 1. The van der Waals surface area contributed by atoms with Crippen LogP contribution in [0, 0.1) is 0 Å². The highest BCUT2D eigenvalue weighted by Crippen LogP contribution is 2.35. The Kier molecular flexibility index (Phi) is 4.42. The van der Waals surface area contributed by atoms with E-state index in [1.807, 2.05) is 25.1 Å². The molecule has 98 valence electrons. The van der Waals surface area contributed by atoms with Gasteiger partial charge in [0.25, 0.3) is 0 Å². The van der Waals surface area contributed by atoms with E-state index in [0.717, 1.165) is 6.29 Å². The SMILES string of the molecule is CCOc1ccccc1Oc1ccc(C=O)cc1Cl. The van der Waals surface area contributed by atoms with Crippen LogP contribution in [0.25, 0.3) is 0 Å². The van der Waals surface area contributed by atoms with Gasteiger partial charge in [-0.25, -0.2) is 0 Å². The molecule has 0 saturated heterocycles. The number of hydrogen-bond donors (Lipinski definition) is 0. The number of rotatable bonds is 5. The Balaban J connectivity index is 2.28. The monoisotopic (exact) mass is 276 g/mol. The molecule has 2 rings (SSSR count). The lowest BCUT2D eigenvalue weighted by atomic mass is 10.2. The van der Waals surface area contributed by atoms with Gasteiger partial charge >= 0.3 is 0 Å². The lowest BCUT2D eigenvalue weighted by Crippen LogP contribution is -1.95. The summed E-state index contributed by atoms with van der Waals surface area (Å²) in [6, 6.07) is 12.2. The average Bonchev–Trinajstić information content (AvgIpc) is 2.43. The Morgan fingerprint density at radius 1 is 1.11 bits per heavy atom. The van der Waals surface area contributed by atoms with Crippen molar-refractivity contribution in [1.29, 1.82) is 0 Å². The second kappa shape index (κ2) is 6.25. The maximum Gasteiger partial charge on any atom is 0.169 e. The number of benzene rings is 2. The zero-order valence-corrected chi connectivity index (χ0v) is 11.2. The van der Waals surface area contributed by atoms with Gasteiger partial charge in [0.15, 0.2) is 11.5 Å². The summed E-state index contributed by atoms with van der Waals surface area (Å²) < 4.78 is 11.2. The number of hydrogen-bond acceptors (Lipinski definition) is 3. The molecular formula is C15H13ClO3. The first-order valence-corrected chi connectivity index (χ1v) is 6.26. The molecule has 0 aliphatic rings. The van der Waals surface area contributed by atoms with Crippen LogP contribution in [0.4, 0.5) is 0 Å². The molecule has 0 spiro atoms. The third-order valence-electron chi connectivity index (χ3n) is 2.46. The fourth-order valence-electron chi connectivity index (χ4n) is 1.60. The molecule has 0 saturated carbocycles. The van der Waals surface area contributed by atoms with Gasteiger partial charge in [0, 0.05) is 5.56 Å². The van der Waals surface area contributed by atoms with Gasteiger partial charge in [0.2, 0.25) is 0 Å². The Labute approximate surface area is 116 Å². The second-order valence-electron chi connectivity index (χ2n) is 3.79. The number of carbonyl (C=O) groups is 1. The predicted octanol–water partition coefficient (Wildman–Crippen LogP) is 4.34.